The van der Waals surface area contributed by atoms with E-state index in [-0.39, 0.29) is 5.56 Å². The van der Waals surface area contributed by atoms with Crippen molar-refractivity contribution >= 4 is 28.6 Å². The van der Waals surface area contributed by atoms with E-state index in [9.17, 15) is 13.6 Å². The van der Waals surface area contributed by atoms with Gasteiger partial charge in [0.1, 0.15) is 0 Å². The molecule has 0 saturated carbocycles. The molecule has 0 bridgehead atoms. The van der Waals surface area contributed by atoms with Crippen molar-refractivity contribution in [2.75, 3.05) is 5.32 Å². The first-order chi connectivity index (χ1) is 11.7. The number of aromatic amines is 1. The number of fused-ring (bicyclic) bond motifs is 2. The molecule has 0 saturated heterocycles. The number of nitrogens with one attached hydrogen (secondary N) is 2. The Morgan fingerprint density at radius 1 is 1.25 bits per heavy atom. The van der Waals surface area contributed by atoms with E-state index in [2.05, 4.69) is 20.6 Å². The van der Waals surface area contributed by atoms with Crippen LogP contribution in [-0.4, -0.2) is 26.2 Å². The van der Waals surface area contributed by atoms with Crippen molar-refractivity contribution in [3.8, 4) is 11.1 Å². The number of nitrogens with zero attached hydrogens (tertiary/aromatic N) is 3. The van der Waals surface area contributed by atoms with Gasteiger partial charge in [-0.05, 0) is 23.8 Å². The minimum atomic E-state index is -2.60. The Kier molecular flexibility index (Phi) is 3.23. The van der Waals surface area contributed by atoms with Crippen LogP contribution >= 0.6 is 0 Å². The second-order valence-corrected chi connectivity index (χ2v) is 5.24. The summed E-state index contributed by atoms with van der Waals surface area (Å²) in [7, 11) is 0. The van der Waals surface area contributed by atoms with E-state index < -0.39 is 6.43 Å². The molecule has 0 radical (unpaired) electrons. The molecule has 3 aromatic heterocycles. The number of hydrogen-bond donors (Lipinski definition) is 2. The summed E-state index contributed by atoms with van der Waals surface area (Å²) in [6, 6.07) is 8.11. The van der Waals surface area contributed by atoms with E-state index in [1.54, 1.807) is 35.0 Å². The van der Waals surface area contributed by atoms with Gasteiger partial charge in [-0.15, -0.1) is 0 Å². The predicted octanol–water partition coefficient (Wildman–Crippen LogP) is 3.38. The third-order valence-corrected chi connectivity index (χ3v) is 3.85. The molecular weight excluding hydrogens is 316 g/mol. The molecule has 4 rings (SSSR count). The third kappa shape index (κ3) is 2.19. The van der Waals surface area contributed by atoms with Crippen LogP contribution in [-0.2, 0) is 4.79 Å². The first-order valence-electron chi connectivity index (χ1n) is 7.11. The zero-order valence-corrected chi connectivity index (χ0v) is 12.2. The number of H-pyrrole nitrogens is 1. The molecule has 0 aliphatic rings. The SMILES string of the molecule is O=CNc1cc2cc(-c3c(C(F)F)ccc4[nH]ncc34)ccn2n1. The van der Waals surface area contributed by atoms with Crippen LogP contribution in [0.15, 0.2) is 42.7 Å². The summed E-state index contributed by atoms with van der Waals surface area (Å²) in [5.41, 5.74) is 2.37. The number of amides is 1. The van der Waals surface area contributed by atoms with Crippen LogP contribution in [0.4, 0.5) is 14.6 Å². The Labute approximate surface area is 134 Å². The molecule has 8 heteroatoms. The van der Waals surface area contributed by atoms with Crippen LogP contribution in [0.25, 0.3) is 27.5 Å². The van der Waals surface area contributed by atoms with Gasteiger partial charge in [0.15, 0.2) is 5.82 Å². The lowest BCUT2D eigenvalue weighted by Gasteiger charge is -2.11. The molecule has 2 N–H and O–H groups in total. The summed E-state index contributed by atoms with van der Waals surface area (Å²) in [5.74, 6) is 0.387. The molecule has 120 valence electrons. The highest BCUT2D eigenvalue weighted by Crippen LogP contribution is 2.37. The van der Waals surface area contributed by atoms with E-state index in [1.165, 1.54) is 12.3 Å². The Balaban J connectivity index is 1.96. The fourth-order valence-electron chi connectivity index (χ4n) is 2.82. The zero-order chi connectivity index (χ0) is 16.7. The Hall–Kier alpha value is -3.29. The van der Waals surface area contributed by atoms with Crippen molar-refractivity contribution in [3.05, 3.63) is 48.3 Å². The van der Waals surface area contributed by atoms with E-state index in [1.807, 2.05) is 0 Å². The quantitative estimate of drug-likeness (QED) is 0.564. The monoisotopic (exact) mass is 327 g/mol. The molecule has 4 aromatic rings. The molecule has 0 fully saturated rings. The van der Waals surface area contributed by atoms with E-state index in [0.29, 0.717) is 39.8 Å². The van der Waals surface area contributed by atoms with Gasteiger partial charge in [0.05, 0.1) is 17.2 Å². The topological polar surface area (TPSA) is 75.1 Å². The number of rotatable bonds is 4. The zero-order valence-electron chi connectivity index (χ0n) is 12.2. The molecule has 6 nitrogen and oxygen atoms in total. The number of hydrogen-bond acceptors (Lipinski definition) is 3. The molecule has 1 amide bonds. The van der Waals surface area contributed by atoms with Gasteiger partial charge in [-0.25, -0.2) is 13.3 Å². The molecule has 0 aliphatic carbocycles. The average Bonchev–Trinajstić information content (AvgIpc) is 3.19. The molecular formula is C16H11F2N5O. The van der Waals surface area contributed by atoms with Crippen molar-refractivity contribution in [3.63, 3.8) is 0 Å². The van der Waals surface area contributed by atoms with E-state index >= 15 is 0 Å². The van der Waals surface area contributed by atoms with Crippen molar-refractivity contribution in [2.24, 2.45) is 0 Å². The van der Waals surface area contributed by atoms with E-state index in [4.69, 9.17) is 0 Å². The summed E-state index contributed by atoms with van der Waals surface area (Å²) in [4.78, 5) is 10.5. The normalized spacial score (nSPS) is 11.5. The summed E-state index contributed by atoms with van der Waals surface area (Å²) in [6.45, 7) is 0. The highest BCUT2D eigenvalue weighted by molar-refractivity contribution is 5.97. The molecule has 0 unspecified atom stereocenters. The second kappa shape index (κ2) is 5.41. The number of pyridine rings is 1. The Bertz CT molecular complexity index is 1050. The van der Waals surface area contributed by atoms with Gasteiger partial charge in [0.25, 0.3) is 6.43 Å². The number of carbonyl (C=O) groups is 1. The first kappa shape index (κ1) is 14.3. The fraction of sp³-hybridized carbons (Fsp3) is 0.0625. The van der Waals surface area contributed by atoms with Crippen LogP contribution < -0.4 is 5.32 Å². The number of aromatic nitrogens is 4. The molecule has 0 spiro atoms. The van der Waals surface area contributed by atoms with E-state index in [0.717, 1.165) is 0 Å². The Morgan fingerprint density at radius 2 is 2.12 bits per heavy atom. The summed E-state index contributed by atoms with van der Waals surface area (Å²) in [5, 5.41) is 14.0. The van der Waals surface area contributed by atoms with Crippen LogP contribution in [0, 0.1) is 0 Å². The van der Waals surface area contributed by atoms with Gasteiger partial charge in [-0.1, -0.05) is 6.07 Å². The molecule has 0 atom stereocenters. The minimum absolute atomic E-state index is 0.0565. The number of alkyl halides is 2. The lowest BCUT2D eigenvalue weighted by atomic mass is 9.97. The maximum absolute atomic E-state index is 13.5. The summed E-state index contributed by atoms with van der Waals surface area (Å²) in [6.07, 6.45) is 1.13. The van der Waals surface area contributed by atoms with Gasteiger partial charge in [0.2, 0.25) is 6.41 Å². The standard InChI is InChI=1S/C16H11F2N5O/c17-16(18)11-1-2-13-12(7-20-21-13)15(11)9-3-4-23-10(5-9)6-14(22-23)19-8-24/h1-8,16H,(H,20,21)(H,19,22,24). The first-order valence-corrected chi connectivity index (χ1v) is 7.11. The van der Waals surface area contributed by atoms with Crippen LogP contribution in [0.2, 0.25) is 0 Å². The van der Waals surface area contributed by atoms with Crippen LogP contribution in [0.5, 0.6) is 0 Å². The number of benzene rings is 1. The Morgan fingerprint density at radius 3 is 2.92 bits per heavy atom. The van der Waals surface area contributed by atoms with Gasteiger partial charge < -0.3 is 5.32 Å². The minimum Gasteiger partial charge on any atom is -0.312 e. The van der Waals surface area contributed by atoms with Gasteiger partial charge in [-0.3, -0.25) is 9.89 Å². The van der Waals surface area contributed by atoms with Crippen LogP contribution in [0.1, 0.15) is 12.0 Å². The highest BCUT2D eigenvalue weighted by Gasteiger charge is 2.18. The second-order valence-electron chi connectivity index (χ2n) is 5.24. The lowest BCUT2D eigenvalue weighted by molar-refractivity contribution is -0.105. The smallest absolute Gasteiger partial charge is 0.264 e. The van der Waals surface area contributed by atoms with Gasteiger partial charge in [0, 0.05) is 28.8 Å². The molecule has 0 aliphatic heterocycles. The summed E-state index contributed by atoms with van der Waals surface area (Å²) < 4.78 is 28.5. The third-order valence-electron chi connectivity index (χ3n) is 3.85. The average molecular weight is 327 g/mol. The predicted molar refractivity (Wildman–Crippen MR) is 84.9 cm³/mol. The number of halogens is 2. The van der Waals surface area contributed by atoms with Crippen molar-refractivity contribution in [1.29, 1.82) is 0 Å². The van der Waals surface area contributed by atoms with Crippen molar-refractivity contribution in [1.82, 2.24) is 19.8 Å². The lowest BCUT2D eigenvalue weighted by Crippen LogP contribution is -1.95. The number of anilines is 1. The van der Waals surface area contributed by atoms with Crippen molar-refractivity contribution in [2.45, 2.75) is 6.43 Å². The van der Waals surface area contributed by atoms with Crippen LogP contribution in [0.3, 0.4) is 0 Å². The maximum atomic E-state index is 13.5. The highest BCUT2D eigenvalue weighted by atomic mass is 19.3. The van der Waals surface area contributed by atoms with Gasteiger partial charge >= 0.3 is 0 Å². The van der Waals surface area contributed by atoms with Crippen molar-refractivity contribution < 1.29 is 13.6 Å². The maximum Gasteiger partial charge on any atom is 0.264 e. The summed E-state index contributed by atoms with van der Waals surface area (Å²) >= 11 is 0. The van der Waals surface area contributed by atoms with Gasteiger partial charge in [-0.2, -0.15) is 10.2 Å². The molecule has 1 aromatic carbocycles. The fourth-order valence-corrected chi connectivity index (χ4v) is 2.82. The number of carbonyl (C=O) groups excluding carboxylic acids is 1. The molecule has 24 heavy (non-hydrogen) atoms. The largest absolute Gasteiger partial charge is 0.312 e. The molecule has 3 heterocycles.